The molecule has 1 fully saturated rings. The topological polar surface area (TPSA) is 40.5 Å². The summed E-state index contributed by atoms with van der Waals surface area (Å²) < 4.78 is 0. The second-order valence-corrected chi connectivity index (χ2v) is 6.09. The summed E-state index contributed by atoms with van der Waals surface area (Å²) in [5.41, 5.74) is 0.611. The van der Waals surface area contributed by atoms with Gasteiger partial charge in [0.1, 0.15) is 0 Å². The van der Waals surface area contributed by atoms with Gasteiger partial charge in [0.2, 0.25) is 0 Å². The maximum Gasteiger partial charge on any atom is 0.0869 e. The van der Waals surface area contributed by atoms with Crippen molar-refractivity contribution in [2.45, 2.75) is 37.4 Å². The number of aliphatic hydroxyl groups is 2. The van der Waals surface area contributed by atoms with Crippen LogP contribution in [0.25, 0.3) is 0 Å². The van der Waals surface area contributed by atoms with Gasteiger partial charge in [-0.25, -0.2) is 0 Å². The molecular weight excluding hydrogens is 147 g/mol. The lowest BCUT2D eigenvalue weighted by Crippen LogP contribution is -2.30. The molecule has 1 aliphatic rings. The molecule has 4 atom stereocenters. The zero-order valence-corrected chi connectivity index (χ0v) is 7.55. The van der Waals surface area contributed by atoms with Gasteiger partial charge in [-0.1, -0.05) is 21.8 Å². The lowest BCUT2D eigenvalue weighted by Gasteiger charge is -2.13. The number of hydrogen-bond donors (Lipinski definition) is 2. The first kappa shape index (κ1) is 8.45. The van der Waals surface area contributed by atoms with Crippen LogP contribution in [0.5, 0.6) is 0 Å². The molecule has 0 aromatic heterocycles. The van der Waals surface area contributed by atoms with Gasteiger partial charge in [-0.2, -0.15) is 0 Å². The minimum atomic E-state index is -0.480. The van der Waals surface area contributed by atoms with Crippen LogP contribution in [0.4, 0.5) is 0 Å². The first-order valence-corrected chi connectivity index (χ1v) is 5.56. The van der Waals surface area contributed by atoms with E-state index in [0.29, 0.717) is 11.3 Å². The zero-order valence-electron chi connectivity index (χ0n) is 6.65. The molecule has 2 nitrogen and oxygen atoms in total. The molecule has 4 unspecified atom stereocenters. The van der Waals surface area contributed by atoms with Gasteiger partial charge in [0, 0.05) is 11.3 Å². The van der Waals surface area contributed by atoms with Gasteiger partial charge in [0.25, 0.3) is 0 Å². The fourth-order valence-electron chi connectivity index (χ4n) is 1.42. The van der Waals surface area contributed by atoms with E-state index in [4.69, 9.17) is 0 Å². The standard InChI is InChI=1S/C7H15O2P/c1-4-6(8)7(9)5(2)10(4)3/h4-9H,1-3H3. The Morgan fingerprint density at radius 3 is 1.40 bits per heavy atom. The van der Waals surface area contributed by atoms with E-state index in [9.17, 15) is 10.2 Å². The predicted molar refractivity (Wildman–Crippen MR) is 43.8 cm³/mol. The Hall–Kier alpha value is 0.350. The monoisotopic (exact) mass is 162 g/mol. The quantitative estimate of drug-likeness (QED) is 0.512. The molecule has 1 heterocycles. The average Bonchev–Trinajstić information content (AvgIpc) is 2.07. The van der Waals surface area contributed by atoms with Crippen LogP contribution >= 0.6 is 7.92 Å². The van der Waals surface area contributed by atoms with Crippen molar-refractivity contribution in [2.24, 2.45) is 0 Å². The highest BCUT2D eigenvalue weighted by atomic mass is 31.1. The molecule has 60 valence electrons. The molecule has 0 saturated carbocycles. The Kier molecular flexibility index (Phi) is 2.34. The molecule has 1 aliphatic heterocycles. The van der Waals surface area contributed by atoms with Crippen LogP contribution < -0.4 is 0 Å². The minimum absolute atomic E-state index is 0.166. The smallest absolute Gasteiger partial charge is 0.0869 e. The number of aliphatic hydroxyl groups excluding tert-OH is 2. The molecule has 0 bridgehead atoms. The van der Waals surface area contributed by atoms with Gasteiger partial charge in [0.15, 0.2) is 0 Å². The molecule has 0 spiro atoms. The molecule has 1 rings (SSSR count). The van der Waals surface area contributed by atoms with E-state index < -0.39 is 12.2 Å². The highest BCUT2D eigenvalue weighted by Crippen LogP contribution is 2.52. The maximum atomic E-state index is 9.37. The third-order valence-electron chi connectivity index (χ3n) is 2.62. The van der Waals surface area contributed by atoms with Crippen molar-refractivity contribution in [3.63, 3.8) is 0 Å². The van der Waals surface area contributed by atoms with Crippen molar-refractivity contribution in [1.29, 1.82) is 0 Å². The zero-order chi connectivity index (χ0) is 7.89. The van der Waals surface area contributed by atoms with Crippen molar-refractivity contribution < 1.29 is 10.2 Å². The van der Waals surface area contributed by atoms with Gasteiger partial charge in [-0.15, -0.1) is 0 Å². The molecule has 0 aromatic carbocycles. The van der Waals surface area contributed by atoms with Gasteiger partial charge in [-0.3, -0.25) is 0 Å². The fourth-order valence-corrected chi connectivity index (χ4v) is 3.48. The largest absolute Gasteiger partial charge is 0.390 e. The van der Waals surface area contributed by atoms with Crippen LogP contribution in [0, 0.1) is 0 Å². The van der Waals surface area contributed by atoms with E-state index in [0.717, 1.165) is 0 Å². The molecule has 0 radical (unpaired) electrons. The average molecular weight is 162 g/mol. The summed E-state index contributed by atoms with van der Waals surface area (Å²) in [6, 6.07) is 0. The second-order valence-electron chi connectivity index (χ2n) is 3.13. The van der Waals surface area contributed by atoms with E-state index in [1.54, 1.807) is 0 Å². The molecule has 10 heavy (non-hydrogen) atoms. The van der Waals surface area contributed by atoms with E-state index in [-0.39, 0.29) is 7.92 Å². The molecular formula is C7H15O2P. The summed E-state index contributed by atoms with van der Waals surface area (Å²) in [6.07, 6.45) is -0.961. The Morgan fingerprint density at radius 1 is 1.00 bits per heavy atom. The van der Waals surface area contributed by atoms with Gasteiger partial charge < -0.3 is 10.2 Å². The van der Waals surface area contributed by atoms with E-state index in [2.05, 4.69) is 6.66 Å². The van der Waals surface area contributed by atoms with Crippen molar-refractivity contribution >= 4 is 7.92 Å². The van der Waals surface area contributed by atoms with Crippen molar-refractivity contribution in [2.75, 3.05) is 6.66 Å². The highest BCUT2D eigenvalue weighted by molar-refractivity contribution is 7.58. The highest BCUT2D eigenvalue weighted by Gasteiger charge is 2.41. The molecule has 0 aromatic rings. The molecule has 2 N–H and O–H groups in total. The van der Waals surface area contributed by atoms with E-state index >= 15 is 0 Å². The lowest BCUT2D eigenvalue weighted by atomic mass is 10.1. The van der Waals surface area contributed by atoms with Crippen molar-refractivity contribution in [3.05, 3.63) is 0 Å². The summed E-state index contributed by atoms with van der Waals surface area (Å²) in [7, 11) is -0.166. The Morgan fingerprint density at radius 2 is 1.30 bits per heavy atom. The van der Waals surface area contributed by atoms with E-state index in [1.165, 1.54) is 0 Å². The van der Waals surface area contributed by atoms with Gasteiger partial charge in [-0.05, 0) is 6.66 Å². The van der Waals surface area contributed by atoms with Crippen LogP contribution in [0.1, 0.15) is 13.8 Å². The first-order valence-electron chi connectivity index (χ1n) is 3.63. The Labute approximate surface area is 63.0 Å². The summed E-state index contributed by atoms with van der Waals surface area (Å²) in [4.78, 5) is 0. The third kappa shape index (κ3) is 1.09. The van der Waals surface area contributed by atoms with Crippen LogP contribution in [-0.4, -0.2) is 40.4 Å². The summed E-state index contributed by atoms with van der Waals surface area (Å²) >= 11 is 0. The maximum absolute atomic E-state index is 9.37. The number of hydrogen-bond acceptors (Lipinski definition) is 2. The van der Waals surface area contributed by atoms with Crippen LogP contribution in [0.3, 0.4) is 0 Å². The number of rotatable bonds is 0. The van der Waals surface area contributed by atoms with Crippen molar-refractivity contribution in [1.82, 2.24) is 0 Å². The Bertz CT molecular complexity index is 83.9. The second kappa shape index (κ2) is 2.77. The first-order chi connectivity index (χ1) is 4.55. The van der Waals surface area contributed by atoms with Crippen molar-refractivity contribution in [3.8, 4) is 0 Å². The molecule has 3 heteroatoms. The van der Waals surface area contributed by atoms with Crippen LogP contribution in [0.2, 0.25) is 0 Å². The fraction of sp³-hybridized carbons (Fsp3) is 1.00. The summed E-state index contributed by atoms with van der Waals surface area (Å²) in [5.74, 6) is 0. The SMILES string of the molecule is CC1C(O)C(O)C(C)P1C. The molecule has 1 saturated heterocycles. The lowest BCUT2D eigenvalue weighted by molar-refractivity contribution is 0.0327. The normalized spacial score (nSPS) is 55.5. The summed E-state index contributed by atoms with van der Waals surface area (Å²) in [6.45, 7) is 6.18. The van der Waals surface area contributed by atoms with Crippen LogP contribution in [0.15, 0.2) is 0 Å². The van der Waals surface area contributed by atoms with Gasteiger partial charge in [0.05, 0.1) is 12.2 Å². The van der Waals surface area contributed by atoms with Gasteiger partial charge >= 0.3 is 0 Å². The third-order valence-corrected chi connectivity index (χ3v) is 5.80. The molecule has 0 amide bonds. The Balaban J connectivity index is 2.68. The molecule has 0 aliphatic carbocycles. The van der Waals surface area contributed by atoms with Crippen LogP contribution in [-0.2, 0) is 0 Å². The predicted octanol–water partition coefficient (Wildman–Crippen LogP) is 0.611. The minimum Gasteiger partial charge on any atom is -0.390 e. The summed E-state index contributed by atoms with van der Waals surface area (Å²) in [5, 5.41) is 18.7. The van der Waals surface area contributed by atoms with E-state index in [1.807, 2.05) is 13.8 Å².